The van der Waals surface area contributed by atoms with Gasteiger partial charge in [-0.05, 0) is 12.1 Å². The lowest BCUT2D eigenvalue weighted by atomic mass is 9.99. The van der Waals surface area contributed by atoms with Gasteiger partial charge in [-0.3, -0.25) is 4.98 Å². The van der Waals surface area contributed by atoms with Gasteiger partial charge in [-0.15, -0.1) is 0 Å². The average Bonchev–Trinajstić information content (AvgIpc) is 2.55. The van der Waals surface area contributed by atoms with Crippen LogP contribution < -0.4 is 4.74 Å². The zero-order valence-electron chi connectivity index (χ0n) is 11.6. The molecule has 118 valence electrons. The van der Waals surface area contributed by atoms with Gasteiger partial charge in [0.15, 0.2) is 0 Å². The molecule has 7 heteroatoms. The van der Waals surface area contributed by atoms with Crippen molar-refractivity contribution in [2.45, 2.75) is 30.7 Å². The zero-order valence-corrected chi connectivity index (χ0v) is 11.6. The van der Waals surface area contributed by atoms with Crippen molar-refractivity contribution in [3.63, 3.8) is 0 Å². The second-order valence-corrected chi connectivity index (χ2v) is 5.15. The van der Waals surface area contributed by atoms with E-state index in [9.17, 15) is 20.4 Å². The molecular weight excluding hydrogens is 290 g/mol. The highest BCUT2D eigenvalue weighted by atomic mass is 16.7. The van der Waals surface area contributed by atoms with Crippen LogP contribution in [0, 0.1) is 0 Å². The van der Waals surface area contributed by atoms with E-state index in [1.807, 2.05) is 12.1 Å². The van der Waals surface area contributed by atoms with Crippen LogP contribution >= 0.6 is 0 Å². The highest BCUT2D eigenvalue weighted by molar-refractivity contribution is 5.84. The van der Waals surface area contributed by atoms with Gasteiger partial charge >= 0.3 is 0 Å². The standard InChI is InChI=1S/C15H17NO6/c17-7-10-12(18)13(19)14(20)15(22-10)21-9-5-1-3-8-4-2-6-16-11(8)9/h1-6,10,12-15,17-20H,7H2/t10-,12-,13+,14-,15+/m1/s1. The molecule has 1 aliphatic rings. The summed E-state index contributed by atoms with van der Waals surface area (Å²) < 4.78 is 10.9. The molecule has 0 spiro atoms. The summed E-state index contributed by atoms with van der Waals surface area (Å²) >= 11 is 0. The molecule has 0 amide bonds. The number of benzene rings is 1. The van der Waals surface area contributed by atoms with Crippen molar-refractivity contribution in [2.24, 2.45) is 0 Å². The Morgan fingerprint density at radius 3 is 2.59 bits per heavy atom. The van der Waals surface area contributed by atoms with Crippen molar-refractivity contribution in [1.29, 1.82) is 0 Å². The number of aliphatic hydroxyl groups excluding tert-OH is 4. The van der Waals surface area contributed by atoms with E-state index in [1.54, 1.807) is 24.4 Å². The number of hydrogen-bond acceptors (Lipinski definition) is 7. The van der Waals surface area contributed by atoms with Gasteiger partial charge in [0.25, 0.3) is 0 Å². The fraction of sp³-hybridized carbons (Fsp3) is 0.400. The van der Waals surface area contributed by atoms with Crippen molar-refractivity contribution in [3.8, 4) is 5.75 Å². The molecule has 0 unspecified atom stereocenters. The number of ether oxygens (including phenoxy) is 2. The molecule has 1 aromatic carbocycles. The van der Waals surface area contributed by atoms with Crippen molar-refractivity contribution >= 4 is 10.9 Å². The first-order valence-corrected chi connectivity index (χ1v) is 6.92. The Morgan fingerprint density at radius 2 is 1.82 bits per heavy atom. The first-order chi connectivity index (χ1) is 10.6. The fourth-order valence-corrected chi connectivity index (χ4v) is 2.46. The maximum atomic E-state index is 9.99. The highest BCUT2D eigenvalue weighted by Gasteiger charge is 2.44. The summed E-state index contributed by atoms with van der Waals surface area (Å²) in [6, 6.07) is 8.95. The highest BCUT2D eigenvalue weighted by Crippen LogP contribution is 2.28. The maximum Gasteiger partial charge on any atom is 0.229 e. The van der Waals surface area contributed by atoms with E-state index < -0.39 is 37.3 Å². The van der Waals surface area contributed by atoms with Crippen LogP contribution in [0.2, 0.25) is 0 Å². The van der Waals surface area contributed by atoms with Crippen molar-refractivity contribution < 1.29 is 29.9 Å². The maximum absolute atomic E-state index is 9.99. The van der Waals surface area contributed by atoms with E-state index in [0.29, 0.717) is 11.3 Å². The van der Waals surface area contributed by atoms with Crippen LogP contribution in [0.4, 0.5) is 0 Å². The minimum Gasteiger partial charge on any atom is -0.460 e. The van der Waals surface area contributed by atoms with Gasteiger partial charge in [0, 0.05) is 11.6 Å². The van der Waals surface area contributed by atoms with Crippen molar-refractivity contribution in [3.05, 3.63) is 36.5 Å². The Hall–Kier alpha value is -1.77. The van der Waals surface area contributed by atoms with Gasteiger partial charge in [-0.1, -0.05) is 18.2 Å². The molecule has 2 aromatic rings. The number of rotatable bonds is 3. The molecule has 1 aromatic heterocycles. The SMILES string of the molecule is OC[C@H]1O[C@H](Oc2cccc3cccnc23)[C@H](O)[C@@H](O)[C@@H]1O. The molecule has 1 saturated heterocycles. The van der Waals surface area contributed by atoms with E-state index in [-0.39, 0.29) is 0 Å². The van der Waals surface area contributed by atoms with Crippen LogP contribution in [-0.4, -0.2) is 62.7 Å². The quantitative estimate of drug-likeness (QED) is 0.600. The van der Waals surface area contributed by atoms with Gasteiger partial charge in [0.05, 0.1) is 6.61 Å². The predicted octanol–water partition coefficient (Wildman–Crippen LogP) is -0.587. The summed E-state index contributed by atoms with van der Waals surface area (Å²) in [6.07, 6.45) is -4.95. The van der Waals surface area contributed by atoms with Crippen LogP contribution in [-0.2, 0) is 4.74 Å². The summed E-state index contributed by atoms with van der Waals surface area (Å²) in [5.74, 6) is 0.377. The van der Waals surface area contributed by atoms with Gasteiger partial charge in [-0.2, -0.15) is 0 Å². The average molecular weight is 307 g/mol. The summed E-state index contributed by atoms with van der Waals surface area (Å²) in [6.45, 7) is -0.501. The Balaban J connectivity index is 1.87. The minimum atomic E-state index is -1.47. The Morgan fingerprint density at radius 1 is 1.05 bits per heavy atom. The number of pyridine rings is 1. The van der Waals surface area contributed by atoms with E-state index in [1.165, 1.54) is 0 Å². The third kappa shape index (κ3) is 2.65. The molecule has 0 radical (unpaired) electrons. The van der Waals surface area contributed by atoms with Gasteiger partial charge in [0.1, 0.15) is 35.7 Å². The molecule has 0 bridgehead atoms. The largest absolute Gasteiger partial charge is 0.460 e. The monoisotopic (exact) mass is 307 g/mol. The lowest BCUT2D eigenvalue weighted by molar-refractivity contribution is -0.277. The molecule has 2 heterocycles. The molecule has 1 aliphatic heterocycles. The number of para-hydroxylation sites is 1. The number of hydrogen-bond donors (Lipinski definition) is 4. The predicted molar refractivity (Wildman–Crippen MR) is 76.1 cm³/mol. The molecule has 3 rings (SSSR count). The molecule has 5 atom stereocenters. The molecule has 22 heavy (non-hydrogen) atoms. The minimum absolute atomic E-state index is 0.377. The number of aromatic nitrogens is 1. The van der Waals surface area contributed by atoms with Crippen LogP contribution in [0.25, 0.3) is 10.9 Å². The molecule has 0 aliphatic carbocycles. The first-order valence-electron chi connectivity index (χ1n) is 6.92. The summed E-state index contributed by atoms with van der Waals surface area (Å²) in [4.78, 5) is 4.22. The van der Waals surface area contributed by atoms with Crippen LogP contribution in [0.15, 0.2) is 36.5 Å². The number of fused-ring (bicyclic) bond motifs is 1. The summed E-state index contributed by atoms with van der Waals surface area (Å²) in [5.41, 5.74) is 0.585. The third-order valence-electron chi connectivity index (χ3n) is 3.69. The van der Waals surface area contributed by atoms with Gasteiger partial charge in [0.2, 0.25) is 6.29 Å². The molecule has 1 fully saturated rings. The van der Waals surface area contributed by atoms with Crippen LogP contribution in [0.3, 0.4) is 0 Å². The van der Waals surface area contributed by atoms with Crippen LogP contribution in [0.1, 0.15) is 0 Å². The first kappa shape index (κ1) is 15.1. The molecule has 4 N–H and O–H groups in total. The molecule has 7 nitrogen and oxygen atoms in total. The van der Waals surface area contributed by atoms with E-state index >= 15 is 0 Å². The van der Waals surface area contributed by atoms with E-state index in [0.717, 1.165) is 5.39 Å². The van der Waals surface area contributed by atoms with Crippen LogP contribution in [0.5, 0.6) is 5.75 Å². The fourth-order valence-electron chi connectivity index (χ4n) is 2.46. The second kappa shape index (κ2) is 6.15. The lowest BCUT2D eigenvalue weighted by Crippen LogP contribution is -2.60. The Bertz CT molecular complexity index is 643. The number of nitrogens with zero attached hydrogens (tertiary/aromatic N) is 1. The molecule has 0 saturated carbocycles. The third-order valence-corrected chi connectivity index (χ3v) is 3.69. The normalized spacial score (nSPS) is 32.1. The topological polar surface area (TPSA) is 112 Å². The lowest BCUT2D eigenvalue weighted by Gasteiger charge is -2.39. The summed E-state index contributed by atoms with van der Waals surface area (Å²) in [7, 11) is 0. The summed E-state index contributed by atoms with van der Waals surface area (Å²) in [5, 5.41) is 39.5. The van der Waals surface area contributed by atoms with Gasteiger partial charge in [-0.25, -0.2) is 0 Å². The second-order valence-electron chi connectivity index (χ2n) is 5.15. The van der Waals surface area contributed by atoms with E-state index in [4.69, 9.17) is 9.47 Å². The Labute approximate surface area is 126 Å². The number of aliphatic hydroxyl groups is 4. The van der Waals surface area contributed by atoms with Crippen molar-refractivity contribution in [2.75, 3.05) is 6.61 Å². The smallest absolute Gasteiger partial charge is 0.229 e. The van der Waals surface area contributed by atoms with Crippen molar-refractivity contribution in [1.82, 2.24) is 4.98 Å². The zero-order chi connectivity index (χ0) is 15.7. The molecular formula is C15H17NO6. The van der Waals surface area contributed by atoms with E-state index in [2.05, 4.69) is 4.98 Å². The Kier molecular flexibility index (Phi) is 4.23. The van der Waals surface area contributed by atoms with Gasteiger partial charge < -0.3 is 29.9 Å².